The minimum absolute atomic E-state index is 0.313. The third-order valence-corrected chi connectivity index (χ3v) is 4.59. The fourth-order valence-electron chi connectivity index (χ4n) is 1.98. The van der Waals surface area contributed by atoms with Crippen LogP contribution in [0.4, 0.5) is 0 Å². The molecule has 2 heterocycles. The molecule has 0 radical (unpaired) electrons. The lowest BCUT2D eigenvalue weighted by Crippen LogP contribution is -1.96. The summed E-state index contributed by atoms with van der Waals surface area (Å²) < 4.78 is 25.8. The summed E-state index contributed by atoms with van der Waals surface area (Å²) in [6, 6.07) is 10.6. The number of halogens is 1. The van der Waals surface area contributed by atoms with Crippen LogP contribution in [0.5, 0.6) is 0 Å². The fourth-order valence-corrected chi connectivity index (χ4v) is 2.96. The summed E-state index contributed by atoms with van der Waals surface area (Å²) in [5.74, 6) is 0. The Bertz CT molecular complexity index is 883. The number of aromatic nitrogens is 2. The van der Waals surface area contributed by atoms with Gasteiger partial charge in [-0.15, -0.1) is 0 Å². The molecule has 0 N–H and O–H groups in total. The SMILES string of the molecule is CS(=O)(=O)c1ccc(-c2cn3cc(Br)ccc3n2)cc1. The van der Waals surface area contributed by atoms with E-state index < -0.39 is 9.84 Å². The van der Waals surface area contributed by atoms with Crippen molar-refractivity contribution in [3.8, 4) is 11.3 Å². The maximum Gasteiger partial charge on any atom is 0.175 e. The summed E-state index contributed by atoms with van der Waals surface area (Å²) in [7, 11) is -3.16. The highest BCUT2D eigenvalue weighted by atomic mass is 79.9. The third kappa shape index (κ3) is 2.48. The Morgan fingerprint density at radius 2 is 1.75 bits per heavy atom. The van der Waals surface area contributed by atoms with E-state index in [1.54, 1.807) is 24.3 Å². The smallest absolute Gasteiger partial charge is 0.175 e. The van der Waals surface area contributed by atoms with E-state index in [4.69, 9.17) is 0 Å². The summed E-state index contributed by atoms with van der Waals surface area (Å²) in [6.07, 6.45) is 5.04. The minimum atomic E-state index is -3.16. The number of hydrogen-bond donors (Lipinski definition) is 0. The highest BCUT2D eigenvalue weighted by Crippen LogP contribution is 2.22. The van der Waals surface area contributed by atoms with Crippen LogP contribution in [0.1, 0.15) is 0 Å². The van der Waals surface area contributed by atoms with E-state index in [0.717, 1.165) is 21.4 Å². The maximum absolute atomic E-state index is 11.4. The van der Waals surface area contributed by atoms with E-state index in [0.29, 0.717) is 4.90 Å². The van der Waals surface area contributed by atoms with Gasteiger partial charge in [0.15, 0.2) is 9.84 Å². The summed E-state index contributed by atoms with van der Waals surface area (Å²) in [4.78, 5) is 4.82. The monoisotopic (exact) mass is 350 g/mol. The molecule has 3 rings (SSSR count). The first kappa shape index (κ1) is 13.3. The van der Waals surface area contributed by atoms with Crippen molar-refractivity contribution in [3.05, 3.63) is 53.3 Å². The third-order valence-electron chi connectivity index (χ3n) is 2.99. The maximum atomic E-state index is 11.4. The predicted octanol–water partition coefficient (Wildman–Crippen LogP) is 3.17. The Kier molecular flexibility index (Phi) is 3.14. The van der Waals surface area contributed by atoms with Gasteiger partial charge in [0.1, 0.15) is 5.65 Å². The molecule has 0 unspecified atom stereocenters. The van der Waals surface area contributed by atoms with Crippen LogP contribution < -0.4 is 0 Å². The first-order chi connectivity index (χ1) is 9.43. The molecule has 0 aliphatic carbocycles. The second-order valence-electron chi connectivity index (χ2n) is 4.54. The van der Waals surface area contributed by atoms with Crippen LogP contribution in [0.15, 0.2) is 58.2 Å². The number of benzene rings is 1. The summed E-state index contributed by atoms with van der Waals surface area (Å²) >= 11 is 3.41. The zero-order chi connectivity index (χ0) is 14.3. The van der Waals surface area contributed by atoms with Crippen LogP contribution in [-0.4, -0.2) is 24.1 Å². The lowest BCUT2D eigenvalue weighted by molar-refractivity contribution is 0.602. The molecule has 0 spiro atoms. The lowest BCUT2D eigenvalue weighted by atomic mass is 10.2. The second kappa shape index (κ2) is 4.71. The number of nitrogens with zero attached hydrogens (tertiary/aromatic N) is 2. The standard InChI is InChI=1S/C14H11BrN2O2S/c1-20(18,19)12-5-2-10(3-6-12)13-9-17-8-11(15)4-7-14(17)16-13/h2-9H,1H3. The number of fused-ring (bicyclic) bond motifs is 1. The van der Waals surface area contributed by atoms with Gasteiger partial charge in [0.05, 0.1) is 10.6 Å². The highest BCUT2D eigenvalue weighted by Gasteiger charge is 2.08. The quantitative estimate of drug-likeness (QED) is 0.713. The molecule has 102 valence electrons. The Labute approximate surface area is 125 Å². The topological polar surface area (TPSA) is 51.4 Å². The van der Waals surface area contributed by atoms with Gasteiger partial charge in [0.25, 0.3) is 0 Å². The van der Waals surface area contributed by atoms with Gasteiger partial charge in [0, 0.05) is 28.7 Å². The average molecular weight is 351 g/mol. The molecule has 2 aromatic heterocycles. The molecule has 1 aromatic carbocycles. The van der Waals surface area contributed by atoms with Crippen molar-refractivity contribution in [2.24, 2.45) is 0 Å². The van der Waals surface area contributed by atoms with E-state index in [1.165, 1.54) is 6.26 Å². The highest BCUT2D eigenvalue weighted by molar-refractivity contribution is 9.10. The van der Waals surface area contributed by atoms with Crippen LogP contribution in [0.25, 0.3) is 16.9 Å². The number of hydrogen-bond acceptors (Lipinski definition) is 3. The van der Waals surface area contributed by atoms with Gasteiger partial charge in [0.2, 0.25) is 0 Å². The molecule has 4 nitrogen and oxygen atoms in total. The van der Waals surface area contributed by atoms with Gasteiger partial charge < -0.3 is 4.40 Å². The average Bonchev–Trinajstić information content (AvgIpc) is 2.80. The number of sulfone groups is 1. The summed E-state index contributed by atoms with van der Waals surface area (Å²) in [5.41, 5.74) is 2.54. The second-order valence-corrected chi connectivity index (χ2v) is 7.47. The van der Waals surface area contributed by atoms with Gasteiger partial charge in [-0.05, 0) is 40.2 Å². The Hall–Kier alpha value is -1.66. The minimum Gasteiger partial charge on any atom is -0.305 e. The molecule has 20 heavy (non-hydrogen) atoms. The molecule has 0 atom stereocenters. The van der Waals surface area contributed by atoms with Gasteiger partial charge >= 0.3 is 0 Å². The molecule has 0 aliphatic heterocycles. The van der Waals surface area contributed by atoms with Gasteiger partial charge in [-0.2, -0.15) is 0 Å². The van der Waals surface area contributed by atoms with E-state index >= 15 is 0 Å². The zero-order valence-electron chi connectivity index (χ0n) is 10.6. The zero-order valence-corrected chi connectivity index (χ0v) is 13.0. The van der Waals surface area contributed by atoms with Crippen molar-refractivity contribution in [1.29, 1.82) is 0 Å². The van der Waals surface area contributed by atoms with Crippen molar-refractivity contribution in [1.82, 2.24) is 9.38 Å². The molecule has 0 bridgehead atoms. The van der Waals surface area contributed by atoms with Crippen molar-refractivity contribution < 1.29 is 8.42 Å². The molecular weight excluding hydrogens is 340 g/mol. The molecule has 0 amide bonds. The first-order valence-electron chi connectivity index (χ1n) is 5.88. The molecular formula is C14H11BrN2O2S. The molecule has 0 saturated heterocycles. The molecule has 3 aromatic rings. The van der Waals surface area contributed by atoms with Crippen LogP contribution in [0.2, 0.25) is 0 Å². The van der Waals surface area contributed by atoms with E-state index in [9.17, 15) is 8.42 Å². The molecule has 0 saturated carbocycles. The van der Waals surface area contributed by atoms with Crippen molar-refractivity contribution in [2.75, 3.05) is 6.26 Å². The largest absolute Gasteiger partial charge is 0.305 e. The Balaban J connectivity index is 2.07. The number of imidazole rings is 1. The van der Waals surface area contributed by atoms with Gasteiger partial charge in [-0.25, -0.2) is 13.4 Å². The lowest BCUT2D eigenvalue weighted by Gasteiger charge is -1.99. The summed E-state index contributed by atoms with van der Waals surface area (Å²) in [6.45, 7) is 0. The summed E-state index contributed by atoms with van der Waals surface area (Å²) in [5, 5.41) is 0. The van der Waals surface area contributed by atoms with Crippen molar-refractivity contribution >= 4 is 31.4 Å². The van der Waals surface area contributed by atoms with Gasteiger partial charge in [-0.1, -0.05) is 12.1 Å². The van der Waals surface area contributed by atoms with Crippen LogP contribution in [0, 0.1) is 0 Å². The normalized spacial score (nSPS) is 11.9. The number of rotatable bonds is 2. The predicted molar refractivity (Wildman–Crippen MR) is 81.4 cm³/mol. The van der Waals surface area contributed by atoms with Crippen molar-refractivity contribution in [2.45, 2.75) is 4.90 Å². The first-order valence-corrected chi connectivity index (χ1v) is 8.57. The molecule has 0 aliphatic rings. The molecule has 6 heteroatoms. The van der Waals surface area contributed by atoms with Crippen LogP contribution in [-0.2, 0) is 9.84 Å². The van der Waals surface area contributed by atoms with Crippen LogP contribution in [0.3, 0.4) is 0 Å². The Morgan fingerprint density at radius 1 is 1.05 bits per heavy atom. The van der Waals surface area contributed by atoms with Gasteiger partial charge in [-0.3, -0.25) is 0 Å². The van der Waals surface area contributed by atoms with E-state index in [2.05, 4.69) is 20.9 Å². The number of pyridine rings is 1. The Morgan fingerprint density at radius 3 is 2.40 bits per heavy atom. The molecule has 0 fully saturated rings. The van der Waals surface area contributed by atoms with E-state index in [-0.39, 0.29) is 0 Å². The van der Waals surface area contributed by atoms with Crippen molar-refractivity contribution in [3.63, 3.8) is 0 Å². The fraction of sp³-hybridized carbons (Fsp3) is 0.0714. The van der Waals surface area contributed by atoms with Crippen LogP contribution >= 0.6 is 15.9 Å². The van der Waals surface area contributed by atoms with E-state index in [1.807, 2.05) is 28.9 Å².